The molecule has 0 bridgehead atoms. The second-order valence-corrected chi connectivity index (χ2v) is 5.44. The van der Waals surface area contributed by atoms with Gasteiger partial charge in [0, 0.05) is 0 Å². The number of nitriles is 1. The molecule has 1 rings (SSSR count). The van der Waals surface area contributed by atoms with Crippen LogP contribution < -0.4 is 5.32 Å². The van der Waals surface area contributed by atoms with Crippen molar-refractivity contribution in [3.05, 3.63) is 0 Å². The summed E-state index contributed by atoms with van der Waals surface area (Å²) >= 11 is 0. The van der Waals surface area contributed by atoms with Gasteiger partial charge in [0.05, 0.1) is 18.8 Å². The average molecular weight is 224 g/mol. The SMILES string of the molecule is CCNC(C#N)COC1CCC(C)(C)CC1. The number of nitrogens with one attached hydrogen (secondary N) is 1. The van der Waals surface area contributed by atoms with Gasteiger partial charge in [-0.1, -0.05) is 20.8 Å². The van der Waals surface area contributed by atoms with Gasteiger partial charge >= 0.3 is 0 Å². The minimum Gasteiger partial charge on any atom is -0.375 e. The molecule has 1 aliphatic rings. The lowest BCUT2D eigenvalue weighted by Crippen LogP contribution is -2.35. The average Bonchev–Trinajstić information content (AvgIpc) is 2.26. The highest BCUT2D eigenvalue weighted by molar-refractivity contribution is 4.89. The number of hydrogen-bond donors (Lipinski definition) is 1. The second kappa shape index (κ2) is 6.22. The summed E-state index contributed by atoms with van der Waals surface area (Å²) < 4.78 is 5.80. The summed E-state index contributed by atoms with van der Waals surface area (Å²) in [4.78, 5) is 0. The minimum atomic E-state index is -0.153. The van der Waals surface area contributed by atoms with Gasteiger partial charge in [0.15, 0.2) is 0 Å². The molecular weight excluding hydrogens is 200 g/mol. The van der Waals surface area contributed by atoms with Gasteiger partial charge in [-0.15, -0.1) is 0 Å². The van der Waals surface area contributed by atoms with Crippen molar-refractivity contribution in [2.24, 2.45) is 5.41 Å². The van der Waals surface area contributed by atoms with E-state index in [9.17, 15) is 0 Å². The molecule has 0 aliphatic heterocycles. The van der Waals surface area contributed by atoms with Crippen LogP contribution >= 0.6 is 0 Å². The van der Waals surface area contributed by atoms with E-state index in [1.807, 2.05) is 6.92 Å². The van der Waals surface area contributed by atoms with Gasteiger partial charge in [0.1, 0.15) is 6.04 Å². The van der Waals surface area contributed by atoms with Crippen molar-refractivity contribution in [1.29, 1.82) is 5.26 Å². The molecule has 1 saturated carbocycles. The van der Waals surface area contributed by atoms with E-state index in [-0.39, 0.29) is 6.04 Å². The molecule has 1 aliphatic carbocycles. The number of ether oxygens (including phenoxy) is 1. The third kappa shape index (κ3) is 4.51. The standard InChI is InChI=1S/C13H24N2O/c1-4-15-11(9-14)10-16-12-5-7-13(2,3)8-6-12/h11-12,15H,4-8,10H2,1-3H3. The van der Waals surface area contributed by atoms with E-state index in [1.54, 1.807) is 0 Å². The van der Waals surface area contributed by atoms with Crippen molar-refractivity contribution < 1.29 is 4.74 Å². The molecule has 0 amide bonds. The summed E-state index contributed by atoms with van der Waals surface area (Å²) in [7, 11) is 0. The Bertz CT molecular complexity index is 235. The van der Waals surface area contributed by atoms with Crippen molar-refractivity contribution in [2.45, 2.75) is 58.6 Å². The third-order valence-corrected chi connectivity index (χ3v) is 3.39. The molecule has 0 aromatic heterocycles. The van der Waals surface area contributed by atoms with Crippen LogP contribution in [0.4, 0.5) is 0 Å². The lowest BCUT2D eigenvalue weighted by molar-refractivity contribution is 0.0000532. The van der Waals surface area contributed by atoms with Crippen LogP contribution in [0.5, 0.6) is 0 Å². The lowest BCUT2D eigenvalue weighted by atomic mass is 9.76. The summed E-state index contributed by atoms with van der Waals surface area (Å²) in [5.41, 5.74) is 0.482. The van der Waals surface area contributed by atoms with Crippen LogP contribution in [0.1, 0.15) is 46.5 Å². The fourth-order valence-corrected chi connectivity index (χ4v) is 2.16. The van der Waals surface area contributed by atoms with Gasteiger partial charge < -0.3 is 10.1 Å². The maximum absolute atomic E-state index is 8.88. The van der Waals surface area contributed by atoms with Gasteiger partial charge in [-0.3, -0.25) is 0 Å². The summed E-state index contributed by atoms with van der Waals surface area (Å²) in [6, 6.07) is 2.07. The molecule has 3 nitrogen and oxygen atoms in total. The molecule has 92 valence electrons. The van der Waals surface area contributed by atoms with Gasteiger partial charge in [0.2, 0.25) is 0 Å². The minimum absolute atomic E-state index is 0.153. The number of likely N-dealkylation sites (N-methyl/N-ethyl adjacent to an activating group) is 1. The van der Waals surface area contributed by atoms with E-state index < -0.39 is 0 Å². The summed E-state index contributed by atoms with van der Waals surface area (Å²) in [5.74, 6) is 0. The maximum Gasteiger partial charge on any atom is 0.119 e. The van der Waals surface area contributed by atoms with Crippen molar-refractivity contribution in [3.63, 3.8) is 0 Å². The summed E-state index contributed by atoms with van der Waals surface area (Å²) in [6.07, 6.45) is 5.10. The van der Waals surface area contributed by atoms with Crippen molar-refractivity contribution in [3.8, 4) is 6.07 Å². The number of nitrogens with zero attached hydrogens (tertiary/aromatic N) is 1. The Balaban J connectivity index is 2.22. The highest BCUT2D eigenvalue weighted by Crippen LogP contribution is 2.36. The van der Waals surface area contributed by atoms with Crippen LogP contribution in [0.15, 0.2) is 0 Å². The van der Waals surface area contributed by atoms with E-state index in [0.29, 0.717) is 18.1 Å². The van der Waals surface area contributed by atoms with Gasteiger partial charge in [-0.2, -0.15) is 5.26 Å². The predicted molar refractivity (Wildman–Crippen MR) is 65.1 cm³/mol. The molecule has 0 aromatic carbocycles. The highest BCUT2D eigenvalue weighted by atomic mass is 16.5. The molecule has 1 unspecified atom stereocenters. The molecule has 0 aromatic rings. The Morgan fingerprint density at radius 3 is 2.56 bits per heavy atom. The van der Waals surface area contributed by atoms with Crippen LogP contribution in [0.2, 0.25) is 0 Å². The van der Waals surface area contributed by atoms with Crippen LogP contribution in [-0.4, -0.2) is 25.3 Å². The zero-order valence-corrected chi connectivity index (χ0v) is 10.8. The van der Waals surface area contributed by atoms with Gasteiger partial charge in [-0.25, -0.2) is 0 Å². The Hall–Kier alpha value is -0.590. The molecule has 0 saturated heterocycles. The van der Waals surface area contributed by atoms with E-state index >= 15 is 0 Å². The summed E-state index contributed by atoms with van der Waals surface area (Å²) in [6.45, 7) is 7.99. The van der Waals surface area contributed by atoms with Crippen molar-refractivity contribution >= 4 is 0 Å². The Labute approximate surface area is 99.2 Å². The normalized spacial score (nSPS) is 22.6. The van der Waals surface area contributed by atoms with E-state index in [1.165, 1.54) is 12.8 Å². The quantitative estimate of drug-likeness (QED) is 0.780. The Morgan fingerprint density at radius 2 is 2.06 bits per heavy atom. The number of rotatable bonds is 5. The highest BCUT2D eigenvalue weighted by Gasteiger charge is 2.27. The smallest absolute Gasteiger partial charge is 0.119 e. The topological polar surface area (TPSA) is 45.0 Å². The van der Waals surface area contributed by atoms with E-state index in [2.05, 4.69) is 25.2 Å². The van der Waals surface area contributed by atoms with E-state index in [4.69, 9.17) is 10.00 Å². The van der Waals surface area contributed by atoms with E-state index in [0.717, 1.165) is 19.4 Å². The molecule has 1 N–H and O–H groups in total. The number of hydrogen-bond acceptors (Lipinski definition) is 3. The molecule has 0 heterocycles. The van der Waals surface area contributed by atoms with Crippen molar-refractivity contribution in [1.82, 2.24) is 5.32 Å². The first-order valence-corrected chi connectivity index (χ1v) is 6.32. The molecule has 1 fully saturated rings. The molecule has 0 spiro atoms. The molecular formula is C13H24N2O. The molecule has 16 heavy (non-hydrogen) atoms. The molecule has 0 radical (unpaired) electrons. The molecule has 1 atom stereocenters. The summed E-state index contributed by atoms with van der Waals surface area (Å²) in [5, 5.41) is 12.0. The second-order valence-electron chi connectivity index (χ2n) is 5.44. The largest absolute Gasteiger partial charge is 0.375 e. The van der Waals surface area contributed by atoms with Crippen molar-refractivity contribution in [2.75, 3.05) is 13.2 Å². The first-order chi connectivity index (χ1) is 7.57. The first-order valence-electron chi connectivity index (χ1n) is 6.32. The first kappa shape index (κ1) is 13.5. The Kier molecular flexibility index (Phi) is 5.24. The Morgan fingerprint density at radius 1 is 1.44 bits per heavy atom. The van der Waals surface area contributed by atoms with Crippen LogP contribution in [0.25, 0.3) is 0 Å². The predicted octanol–water partition coefficient (Wildman–Crippen LogP) is 2.47. The monoisotopic (exact) mass is 224 g/mol. The third-order valence-electron chi connectivity index (χ3n) is 3.39. The van der Waals surface area contributed by atoms with Gasteiger partial charge in [0.25, 0.3) is 0 Å². The fraction of sp³-hybridized carbons (Fsp3) is 0.923. The van der Waals surface area contributed by atoms with Crippen LogP contribution in [-0.2, 0) is 4.74 Å². The zero-order chi connectivity index (χ0) is 12.0. The van der Waals surface area contributed by atoms with Gasteiger partial charge in [-0.05, 0) is 37.6 Å². The molecule has 3 heteroatoms. The van der Waals surface area contributed by atoms with Crippen LogP contribution in [0, 0.1) is 16.7 Å². The lowest BCUT2D eigenvalue weighted by Gasteiger charge is -2.34. The zero-order valence-electron chi connectivity index (χ0n) is 10.8. The maximum atomic E-state index is 8.88. The van der Waals surface area contributed by atoms with Crippen LogP contribution in [0.3, 0.4) is 0 Å². The fourth-order valence-electron chi connectivity index (χ4n) is 2.16.